The lowest BCUT2D eigenvalue weighted by atomic mass is 9.47. The van der Waals surface area contributed by atoms with Crippen LogP contribution in [0, 0.1) is 34.5 Å². The van der Waals surface area contributed by atoms with Crippen LogP contribution in [-0.4, -0.2) is 41.2 Å². The third-order valence-corrected chi connectivity index (χ3v) is 8.76. The first kappa shape index (κ1) is 17.7. The van der Waals surface area contributed by atoms with Gasteiger partial charge in [0.05, 0.1) is 6.10 Å². The van der Waals surface area contributed by atoms with Gasteiger partial charge in [-0.2, -0.15) is 0 Å². The van der Waals surface area contributed by atoms with Crippen molar-refractivity contribution in [3.05, 3.63) is 23.8 Å². The molecule has 1 N–H and O–H groups in total. The Bertz CT molecular complexity index is 802. The Hall–Kier alpha value is -1.33. The van der Waals surface area contributed by atoms with E-state index in [1.54, 1.807) is 6.08 Å². The molecule has 1 saturated heterocycles. The van der Waals surface area contributed by atoms with Crippen LogP contribution in [0.5, 0.6) is 0 Å². The largest absolute Gasteiger partial charge is 0.389 e. The zero-order chi connectivity index (χ0) is 19.4. The molecule has 146 valence electrons. The number of alkyl halides is 1. The minimum Gasteiger partial charge on any atom is -0.389 e. The molecule has 5 aliphatic rings. The van der Waals surface area contributed by atoms with Gasteiger partial charge in [0.1, 0.15) is 18.4 Å². The molecule has 4 aliphatic carbocycles. The number of fused-ring (bicyclic) bond motifs is 3. The highest BCUT2D eigenvalue weighted by atomic mass is 19.1. The number of Topliss-reactive ketones (excluding diaryl/α,β-unsaturated/α-hetero) is 1. The van der Waals surface area contributed by atoms with E-state index in [0.717, 1.165) is 12.8 Å². The van der Waals surface area contributed by atoms with Crippen molar-refractivity contribution in [3.8, 4) is 0 Å². The quantitative estimate of drug-likeness (QED) is 0.755. The predicted molar refractivity (Wildman–Crippen MR) is 96.5 cm³/mol. The summed E-state index contributed by atoms with van der Waals surface area (Å²) in [6.45, 7) is 5.81. The van der Waals surface area contributed by atoms with Gasteiger partial charge in [-0.15, -0.1) is 0 Å². The van der Waals surface area contributed by atoms with Gasteiger partial charge in [-0.05, 0) is 67.1 Å². The lowest BCUT2D eigenvalue weighted by Gasteiger charge is -2.55. The SMILES string of the molecule is CC1CC2C3CC(F)C4=CC(=O)C=CC4(C)C34OC4CC2(C)C1C(=O)CO. The second-order valence-electron chi connectivity index (χ2n) is 9.88. The number of carbonyl (C=O) groups excluding carboxylic acids is 2. The Morgan fingerprint density at radius 1 is 1.33 bits per heavy atom. The molecule has 1 spiro atoms. The minimum atomic E-state index is -1.16. The van der Waals surface area contributed by atoms with Gasteiger partial charge in [0.2, 0.25) is 0 Å². The van der Waals surface area contributed by atoms with Crippen LogP contribution in [0.25, 0.3) is 0 Å². The van der Waals surface area contributed by atoms with Gasteiger partial charge in [-0.3, -0.25) is 9.59 Å². The van der Waals surface area contributed by atoms with Crippen LogP contribution >= 0.6 is 0 Å². The number of ether oxygens (including phenoxy) is 1. The minimum absolute atomic E-state index is 0.0233. The van der Waals surface area contributed by atoms with E-state index in [9.17, 15) is 14.7 Å². The number of hydrogen-bond donors (Lipinski definition) is 1. The summed E-state index contributed by atoms with van der Waals surface area (Å²) in [5, 5.41) is 9.50. The van der Waals surface area contributed by atoms with E-state index >= 15 is 4.39 Å². The molecule has 1 aliphatic heterocycles. The fourth-order valence-electron chi connectivity index (χ4n) is 7.79. The second-order valence-corrected chi connectivity index (χ2v) is 9.88. The molecular weight excluding hydrogens is 347 g/mol. The van der Waals surface area contributed by atoms with Crippen molar-refractivity contribution in [2.45, 2.75) is 57.9 Å². The van der Waals surface area contributed by atoms with Crippen LogP contribution in [0.4, 0.5) is 4.39 Å². The molecule has 0 radical (unpaired) electrons. The van der Waals surface area contributed by atoms with Crippen LogP contribution in [0.1, 0.15) is 40.0 Å². The van der Waals surface area contributed by atoms with E-state index in [-0.39, 0.29) is 46.8 Å². The van der Waals surface area contributed by atoms with Crippen molar-refractivity contribution in [2.24, 2.45) is 34.5 Å². The fraction of sp³-hybridized carbons (Fsp3) is 0.727. The Morgan fingerprint density at radius 2 is 2.07 bits per heavy atom. The van der Waals surface area contributed by atoms with E-state index in [1.165, 1.54) is 6.08 Å². The molecule has 4 nitrogen and oxygen atoms in total. The van der Waals surface area contributed by atoms with Crippen LogP contribution in [0.3, 0.4) is 0 Å². The molecule has 0 amide bonds. The number of aliphatic hydroxyl groups is 1. The summed E-state index contributed by atoms with van der Waals surface area (Å²) >= 11 is 0. The number of allylic oxidation sites excluding steroid dienone is 2. The topological polar surface area (TPSA) is 66.9 Å². The standard InChI is InChI=1S/C22H27FO4/c1-11-6-13-14-8-16(23)15-7-12(25)4-5-21(15,3)22(14)18(27-22)9-20(13,2)19(11)17(26)10-24/h4-5,7,11,13-14,16,18-19,24H,6,8-10H2,1-3H3. The molecule has 5 heteroatoms. The van der Waals surface area contributed by atoms with Gasteiger partial charge in [0.25, 0.3) is 0 Å². The Kier molecular flexibility index (Phi) is 3.40. The van der Waals surface area contributed by atoms with Crippen molar-refractivity contribution < 1.29 is 23.8 Å². The first-order valence-corrected chi connectivity index (χ1v) is 10.1. The molecule has 0 aromatic rings. The molecule has 9 atom stereocenters. The lowest BCUT2D eigenvalue weighted by molar-refractivity contribution is -0.132. The highest BCUT2D eigenvalue weighted by molar-refractivity contribution is 6.01. The van der Waals surface area contributed by atoms with Crippen molar-refractivity contribution >= 4 is 11.6 Å². The summed E-state index contributed by atoms with van der Waals surface area (Å²) in [5.74, 6) is -0.0461. The van der Waals surface area contributed by atoms with E-state index in [1.807, 2.05) is 13.0 Å². The Morgan fingerprint density at radius 3 is 2.78 bits per heavy atom. The van der Waals surface area contributed by atoms with Gasteiger partial charge in [-0.1, -0.05) is 19.9 Å². The smallest absolute Gasteiger partial charge is 0.178 e. The average molecular weight is 374 g/mol. The van der Waals surface area contributed by atoms with Crippen LogP contribution in [0.2, 0.25) is 0 Å². The van der Waals surface area contributed by atoms with E-state index < -0.39 is 23.8 Å². The fourth-order valence-corrected chi connectivity index (χ4v) is 7.79. The number of epoxide rings is 1. The van der Waals surface area contributed by atoms with Gasteiger partial charge in [-0.25, -0.2) is 4.39 Å². The lowest BCUT2D eigenvalue weighted by Crippen LogP contribution is -2.59. The zero-order valence-corrected chi connectivity index (χ0v) is 16.1. The summed E-state index contributed by atoms with van der Waals surface area (Å²) in [6.07, 6.45) is 5.67. The summed E-state index contributed by atoms with van der Waals surface area (Å²) in [7, 11) is 0. The molecule has 0 aromatic heterocycles. The van der Waals surface area contributed by atoms with E-state index in [4.69, 9.17) is 4.74 Å². The molecule has 3 saturated carbocycles. The van der Waals surface area contributed by atoms with Crippen molar-refractivity contribution in [1.82, 2.24) is 0 Å². The summed E-state index contributed by atoms with van der Waals surface area (Å²) in [4.78, 5) is 24.4. The van der Waals surface area contributed by atoms with Crippen LogP contribution < -0.4 is 0 Å². The number of hydrogen-bond acceptors (Lipinski definition) is 4. The maximum atomic E-state index is 15.3. The van der Waals surface area contributed by atoms with Gasteiger partial charge in [0.15, 0.2) is 11.6 Å². The van der Waals surface area contributed by atoms with E-state index in [2.05, 4.69) is 13.8 Å². The highest BCUT2D eigenvalue weighted by Gasteiger charge is 2.80. The predicted octanol–water partition coefficient (Wildman–Crippen LogP) is 2.80. The van der Waals surface area contributed by atoms with Crippen molar-refractivity contribution in [2.75, 3.05) is 6.61 Å². The van der Waals surface area contributed by atoms with Crippen LogP contribution in [-0.2, 0) is 14.3 Å². The molecule has 4 fully saturated rings. The maximum absolute atomic E-state index is 15.3. The average Bonchev–Trinajstić information content (AvgIpc) is 3.26. The molecule has 1 heterocycles. The maximum Gasteiger partial charge on any atom is 0.178 e. The zero-order valence-electron chi connectivity index (χ0n) is 16.1. The third kappa shape index (κ3) is 1.90. The number of carbonyl (C=O) groups is 2. The molecule has 0 aromatic carbocycles. The first-order valence-electron chi connectivity index (χ1n) is 10.1. The molecular formula is C22H27FO4. The van der Waals surface area contributed by atoms with Gasteiger partial charge < -0.3 is 9.84 Å². The van der Waals surface area contributed by atoms with Crippen LogP contribution in [0.15, 0.2) is 23.8 Å². The first-order chi connectivity index (χ1) is 12.7. The number of aliphatic hydroxyl groups excluding tert-OH is 1. The summed E-state index contributed by atoms with van der Waals surface area (Å²) in [5.41, 5.74) is -0.761. The summed E-state index contributed by atoms with van der Waals surface area (Å²) in [6, 6.07) is 0. The van der Waals surface area contributed by atoms with E-state index in [0.29, 0.717) is 12.0 Å². The van der Waals surface area contributed by atoms with Crippen molar-refractivity contribution in [1.29, 1.82) is 0 Å². The normalized spacial score (nSPS) is 55.1. The Labute approximate surface area is 158 Å². The second kappa shape index (κ2) is 5.18. The molecule has 5 rings (SSSR count). The molecule has 27 heavy (non-hydrogen) atoms. The highest BCUT2D eigenvalue weighted by Crippen LogP contribution is 2.76. The van der Waals surface area contributed by atoms with Gasteiger partial charge >= 0.3 is 0 Å². The summed E-state index contributed by atoms with van der Waals surface area (Å²) < 4.78 is 21.7. The number of rotatable bonds is 2. The molecule has 9 unspecified atom stereocenters. The Balaban J connectivity index is 1.60. The van der Waals surface area contributed by atoms with Gasteiger partial charge in [0, 0.05) is 11.3 Å². The number of ketones is 2. The molecule has 0 bridgehead atoms. The number of halogens is 1. The third-order valence-electron chi connectivity index (χ3n) is 8.76. The monoisotopic (exact) mass is 374 g/mol. The van der Waals surface area contributed by atoms with Crippen molar-refractivity contribution in [3.63, 3.8) is 0 Å².